The maximum absolute atomic E-state index is 12.4. The number of Topliss-reactive ketones (excluding diaryl/α,β-unsaturated/α-hetero) is 1. The predicted octanol–water partition coefficient (Wildman–Crippen LogP) is 3.01. The van der Waals surface area contributed by atoms with Crippen molar-refractivity contribution < 1.29 is 9.22 Å². The van der Waals surface area contributed by atoms with Crippen molar-refractivity contribution in [2.24, 2.45) is 0 Å². The summed E-state index contributed by atoms with van der Waals surface area (Å²) in [6.07, 6.45) is 4.41. The van der Waals surface area contributed by atoms with Crippen LogP contribution in [0.3, 0.4) is 0 Å². The molecule has 0 N–H and O–H groups in total. The number of nitrogens with zero attached hydrogens (tertiary/aromatic N) is 1. The van der Waals surface area contributed by atoms with Crippen LogP contribution < -0.4 is 0 Å². The van der Waals surface area contributed by atoms with E-state index >= 15 is 0 Å². The third-order valence-electron chi connectivity index (χ3n) is 3.70. The highest BCUT2D eigenvalue weighted by molar-refractivity contribution is 6.95. The Morgan fingerprint density at radius 3 is 2.58 bits per heavy atom. The molecule has 1 aliphatic heterocycles. The van der Waals surface area contributed by atoms with E-state index in [4.69, 9.17) is 15.5 Å². The first-order valence-corrected chi connectivity index (χ1v) is 12.0. The van der Waals surface area contributed by atoms with Gasteiger partial charge in [-0.25, -0.2) is 0 Å². The van der Waals surface area contributed by atoms with Gasteiger partial charge >= 0.3 is 0 Å². The van der Waals surface area contributed by atoms with Crippen LogP contribution in [0.2, 0.25) is 13.1 Å². The van der Waals surface area contributed by atoms with Crippen molar-refractivity contribution in [3.05, 3.63) is 11.5 Å². The van der Waals surface area contributed by atoms with Gasteiger partial charge in [0, 0.05) is 24.2 Å². The minimum Gasteiger partial charge on any atom is -0.544 e. The lowest BCUT2D eigenvalue weighted by Crippen LogP contribution is -2.58. The third-order valence-corrected chi connectivity index (χ3v) is 7.70. The van der Waals surface area contributed by atoms with Gasteiger partial charge in [0.05, 0.1) is 0 Å². The molecule has 0 atom stereocenters. The molecule has 1 heterocycles. The molecule has 0 fully saturated rings. The minimum atomic E-state index is -1.78. The fourth-order valence-electron chi connectivity index (χ4n) is 2.72. The first kappa shape index (κ1) is 15.1. The predicted molar refractivity (Wildman–Crippen MR) is 81.5 cm³/mol. The largest absolute Gasteiger partial charge is 0.544 e. The van der Waals surface area contributed by atoms with Crippen LogP contribution in [-0.2, 0) is 9.22 Å². The second-order valence-electron chi connectivity index (χ2n) is 6.50. The number of hydrogen-bond acceptors (Lipinski definition) is 3. The third kappa shape index (κ3) is 3.08. The van der Waals surface area contributed by atoms with Crippen LogP contribution in [0.1, 0.15) is 39.5 Å². The van der Waals surface area contributed by atoms with E-state index in [1.54, 1.807) is 0 Å². The molecule has 0 bridgehead atoms. The summed E-state index contributed by atoms with van der Waals surface area (Å²) in [6, 6.07) is 0. The molecule has 0 aromatic rings. The quantitative estimate of drug-likeness (QED) is 0.579. The lowest BCUT2D eigenvalue weighted by atomic mass is 10.1. The summed E-state index contributed by atoms with van der Waals surface area (Å²) < 4.78 is 6.21. The highest BCUT2D eigenvalue weighted by Gasteiger charge is 2.44. The van der Waals surface area contributed by atoms with E-state index in [1.165, 1.54) is 0 Å². The van der Waals surface area contributed by atoms with E-state index < -0.39 is 8.32 Å². The standard InChI is InChI=1S/C13H22ClNO2Si2/c1-13(2,18-14)15-9-19(3,4)17-11-8-6-5-7-10(16)12(11)15/h5-9H2,1-4H3. The van der Waals surface area contributed by atoms with Crippen LogP contribution in [0, 0.1) is 0 Å². The summed E-state index contributed by atoms with van der Waals surface area (Å²) in [5.41, 5.74) is 0.822. The molecule has 2 rings (SSSR count). The van der Waals surface area contributed by atoms with Gasteiger partial charge in [0.2, 0.25) is 8.83 Å². The number of allylic oxidation sites excluding steroid dienone is 2. The molecule has 2 radical (unpaired) electrons. The van der Waals surface area contributed by atoms with Crippen molar-refractivity contribution >= 4 is 34.0 Å². The molecule has 0 aromatic heterocycles. The zero-order valence-corrected chi connectivity index (χ0v) is 14.9. The summed E-state index contributed by atoms with van der Waals surface area (Å²) in [5.74, 6) is 1.17. The number of ketones is 1. The van der Waals surface area contributed by atoms with Crippen molar-refractivity contribution in [3.63, 3.8) is 0 Å². The molecular formula is C13H22ClNO2Si2. The zero-order valence-electron chi connectivity index (χ0n) is 12.2. The van der Waals surface area contributed by atoms with Crippen LogP contribution >= 0.6 is 11.1 Å². The van der Waals surface area contributed by atoms with Crippen molar-refractivity contribution in [2.75, 3.05) is 6.17 Å². The summed E-state index contributed by atoms with van der Waals surface area (Å²) in [7, 11) is -1.52. The molecule has 106 valence electrons. The lowest BCUT2D eigenvalue weighted by Gasteiger charge is -2.47. The smallest absolute Gasteiger partial charge is 0.263 e. The molecule has 0 aromatic carbocycles. The Bertz CT molecular complexity index is 421. The fraction of sp³-hybridized carbons (Fsp3) is 0.769. The number of rotatable bonds is 2. The summed E-state index contributed by atoms with van der Waals surface area (Å²) >= 11 is 6.17. The van der Waals surface area contributed by atoms with Gasteiger partial charge in [-0.3, -0.25) is 4.79 Å². The van der Waals surface area contributed by atoms with E-state index in [0.717, 1.165) is 36.9 Å². The maximum atomic E-state index is 12.4. The van der Waals surface area contributed by atoms with Crippen molar-refractivity contribution in [2.45, 2.75) is 57.8 Å². The maximum Gasteiger partial charge on any atom is 0.263 e. The van der Waals surface area contributed by atoms with Crippen molar-refractivity contribution in [1.82, 2.24) is 4.90 Å². The van der Waals surface area contributed by atoms with Gasteiger partial charge in [-0.1, -0.05) is 0 Å². The Hall–Kier alpha value is -0.266. The van der Waals surface area contributed by atoms with Gasteiger partial charge in [-0.2, -0.15) is 11.1 Å². The number of carbonyl (C=O) groups is 1. The van der Waals surface area contributed by atoms with E-state index in [2.05, 4.69) is 31.8 Å². The van der Waals surface area contributed by atoms with Crippen LogP contribution in [0.15, 0.2) is 11.5 Å². The van der Waals surface area contributed by atoms with Crippen LogP contribution in [0.4, 0.5) is 0 Å². The van der Waals surface area contributed by atoms with Crippen molar-refractivity contribution in [1.29, 1.82) is 0 Å². The second kappa shape index (κ2) is 5.26. The molecule has 1 aliphatic carbocycles. The molecule has 0 unspecified atom stereocenters. The Morgan fingerprint density at radius 1 is 1.32 bits per heavy atom. The van der Waals surface area contributed by atoms with Crippen LogP contribution in [-0.4, -0.2) is 39.2 Å². The molecule has 6 heteroatoms. The monoisotopic (exact) mass is 315 g/mol. The minimum absolute atomic E-state index is 0.170. The molecule has 0 spiro atoms. The van der Waals surface area contributed by atoms with Crippen LogP contribution in [0.5, 0.6) is 0 Å². The fourth-order valence-corrected chi connectivity index (χ4v) is 5.72. The number of halogens is 1. The highest BCUT2D eigenvalue weighted by atomic mass is 35.6. The van der Waals surface area contributed by atoms with Gasteiger partial charge in [0.1, 0.15) is 11.5 Å². The summed E-state index contributed by atoms with van der Waals surface area (Å²) in [5, 5.41) is -0.170. The second-order valence-corrected chi connectivity index (χ2v) is 12.5. The topological polar surface area (TPSA) is 29.5 Å². The van der Waals surface area contributed by atoms with E-state index in [-0.39, 0.29) is 19.8 Å². The summed E-state index contributed by atoms with van der Waals surface area (Å²) in [4.78, 5) is 14.7. The van der Waals surface area contributed by atoms with Crippen LogP contribution in [0.25, 0.3) is 0 Å². The van der Waals surface area contributed by atoms with Gasteiger partial charge in [-0.05, 0) is 39.8 Å². The normalized spacial score (nSPS) is 23.8. The van der Waals surface area contributed by atoms with E-state index in [0.29, 0.717) is 6.42 Å². The molecular weight excluding hydrogens is 294 g/mol. The highest BCUT2D eigenvalue weighted by Crippen LogP contribution is 2.36. The van der Waals surface area contributed by atoms with Gasteiger partial charge in [0.15, 0.2) is 5.78 Å². The Morgan fingerprint density at radius 2 is 1.95 bits per heavy atom. The number of carbonyl (C=O) groups excluding carboxylic acids is 1. The average molecular weight is 316 g/mol. The van der Waals surface area contributed by atoms with Gasteiger partial charge < -0.3 is 9.33 Å². The molecule has 0 amide bonds. The Labute approximate surface area is 124 Å². The SMILES string of the molecule is CC(C)([Si]Cl)N1C[Si](C)(C)OC2=C1C(=O)CCCC2. The first-order chi connectivity index (χ1) is 8.77. The zero-order chi connectivity index (χ0) is 14.3. The molecule has 0 saturated heterocycles. The van der Waals surface area contributed by atoms with Gasteiger partial charge in [-0.15, -0.1) is 0 Å². The number of hydrogen-bond donors (Lipinski definition) is 0. The first-order valence-electron chi connectivity index (χ1n) is 6.88. The molecule has 2 aliphatic rings. The molecule has 0 saturated carbocycles. The average Bonchev–Trinajstić information content (AvgIpc) is 2.49. The van der Waals surface area contributed by atoms with E-state index in [9.17, 15) is 4.79 Å². The Kier molecular flexibility index (Phi) is 4.19. The van der Waals surface area contributed by atoms with Crippen molar-refractivity contribution in [3.8, 4) is 0 Å². The Balaban J connectivity index is 2.47. The molecule has 3 nitrogen and oxygen atoms in total. The van der Waals surface area contributed by atoms with Gasteiger partial charge in [0.25, 0.3) is 8.32 Å². The lowest BCUT2D eigenvalue weighted by molar-refractivity contribution is -0.117. The summed E-state index contributed by atoms with van der Waals surface area (Å²) in [6.45, 7) is 8.67. The van der Waals surface area contributed by atoms with E-state index in [1.807, 2.05) is 0 Å². The molecule has 19 heavy (non-hydrogen) atoms.